The largest absolute Gasteiger partial charge is 0.395 e. The van der Waals surface area contributed by atoms with E-state index in [0.29, 0.717) is 12.6 Å². The van der Waals surface area contributed by atoms with Gasteiger partial charge < -0.3 is 10.0 Å². The van der Waals surface area contributed by atoms with E-state index in [9.17, 15) is 4.79 Å². The van der Waals surface area contributed by atoms with Crippen LogP contribution >= 0.6 is 15.9 Å². The lowest BCUT2D eigenvalue weighted by atomic mass is 9.90. The van der Waals surface area contributed by atoms with Gasteiger partial charge in [0.25, 0.3) is 0 Å². The number of hydrogen-bond donors (Lipinski definition) is 1. The van der Waals surface area contributed by atoms with Gasteiger partial charge in [-0.05, 0) is 33.1 Å². The van der Waals surface area contributed by atoms with Crippen LogP contribution < -0.4 is 0 Å². The first-order chi connectivity index (χ1) is 6.46. The van der Waals surface area contributed by atoms with Crippen LogP contribution in [0.3, 0.4) is 0 Å². The second-order valence-corrected chi connectivity index (χ2v) is 6.26. The van der Waals surface area contributed by atoms with Gasteiger partial charge in [0, 0.05) is 12.6 Å². The highest BCUT2D eigenvalue weighted by Gasteiger charge is 2.35. The molecule has 0 saturated heterocycles. The lowest BCUT2D eigenvalue weighted by Crippen LogP contribution is -2.51. The summed E-state index contributed by atoms with van der Waals surface area (Å²) in [6.07, 6.45) is 3.35. The van der Waals surface area contributed by atoms with Gasteiger partial charge in [0.05, 0.1) is 10.9 Å². The Morgan fingerprint density at radius 2 is 2.14 bits per heavy atom. The first kappa shape index (κ1) is 12.0. The van der Waals surface area contributed by atoms with Crippen molar-refractivity contribution >= 4 is 21.8 Å². The van der Waals surface area contributed by atoms with Crippen molar-refractivity contribution in [2.45, 2.75) is 43.5 Å². The second kappa shape index (κ2) is 4.62. The molecule has 0 atom stereocenters. The standard InChI is InChI=1S/C10H18BrNO2/c1-10(2,11)9(14)12(6-7-13)8-4-3-5-8/h8,13H,3-7H2,1-2H3. The van der Waals surface area contributed by atoms with Gasteiger partial charge in [-0.1, -0.05) is 15.9 Å². The SMILES string of the molecule is CC(C)(Br)C(=O)N(CCO)C1CCC1. The quantitative estimate of drug-likeness (QED) is 0.782. The zero-order chi connectivity index (χ0) is 10.8. The molecule has 0 aromatic carbocycles. The fourth-order valence-electron chi connectivity index (χ4n) is 1.60. The maximum atomic E-state index is 12.0. The summed E-state index contributed by atoms with van der Waals surface area (Å²) in [6.45, 7) is 4.20. The van der Waals surface area contributed by atoms with Gasteiger partial charge in [0.1, 0.15) is 0 Å². The van der Waals surface area contributed by atoms with Crippen LogP contribution in [0.1, 0.15) is 33.1 Å². The molecule has 0 aromatic heterocycles. The predicted molar refractivity (Wildman–Crippen MR) is 59.4 cm³/mol. The van der Waals surface area contributed by atoms with E-state index in [-0.39, 0.29) is 12.5 Å². The lowest BCUT2D eigenvalue weighted by Gasteiger charge is -2.39. The van der Waals surface area contributed by atoms with Crippen molar-refractivity contribution in [3.63, 3.8) is 0 Å². The summed E-state index contributed by atoms with van der Waals surface area (Å²) >= 11 is 3.36. The van der Waals surface area contributed by atoms with Gasteiger partial charge in [0.15, 0.2) is 0 Å². The molecule has 1 fully saturated rings. The summed E-state index contributed by atoms with van der Waals surface area (Å²) in [6, 6.07) is 0.353. The van der Waals surface area contributed by atoms with E-state index in [4.69, 9.17) is 5.11 Å². The normalized spacial score (nSPS) is 17.7. The van der Waals surface area contributed by atoms with E-state index in [1.807, 2.05) is 13.8 Å². The fourth-order valence-corrected chi connectivity index (χ4v) is 1.83. The Bertz CT molecular complexity index is 209. The summed E-state index contributed by atoms with van der Waals surface area (Å²) < 4.78 is -0.516. The molecule has 82 valence electrons. The average molecular weight is 264 g/mol. The number of hydrogen-bond acceptors (Lipinski definition) is 2. The maximum Gasteiger partial charge on any atom is 0.239 e. The Morgan fingerprint density at radius 1 is 1.57 bits per heavy atom. The van der Waals surface area contributed by atoms with E-state index in [1.54, 1.807) is 4.90 Å². The highest BCUT2D eigenvalue weighted by atomic mass is 79.9. The molecular weight excluding hydrogens is 246 g/mol. The van der Waals surface area contributed by atoms with Crippen molar-refractivity contribution in [2.24, 2.45) is 0 Å². The molecule has 1 aliphatic carbocycles. The molecule has 0 bridgehead atoms. The van der Waals surface area contributed by atoms with Gasteiger partial charge >= 0.3 is 0 Å². The highest BCUT2D eigenvalue weighted by Crippen LogP contribution is 2.28. The summed E-state index contributed by atoms with van der Waals surface area (Å²) in [7, 11) is 0. The Labute approximate surface area is 93.6 Å². The minimum Gasteiger partial charge on any atom is -0.395 e. The van der Waals surface area contributed by atoms with Crippen molar-refractivity contribution in [1.82, 2.24) is 4.90 Å². The summed E-state index contributed by atoms with van der Waals surface area (Å²) in [4.78, 5) is 13.8. The second-order valence-electron chi connectivity index (χ2n) is 4.28. The number of halogens is 1. The lowest BCUT2D eigenvalue weighted by molar-refractivity contribution is -0.137. The molecule has 3 nitrogen and oxygen atoms in total. The predicted octanol–water partition coefficient (Wildman–Crippen LogP) is 1.53. The van der Waals surface area contributed by atoms with Crippen LogP contribution in [0.25, 0.3) is 0 Å². The molecular formula is C10H18BrNO2. The molecule has 0 radical (unpaired) electrons. The van der Waals surface area contributed by atoms with Crippen LogP contribution in [0.5, 0.6) is 0 Å². The molecule has 1 rings (SSSR count). The molecule has 1 N–H and O–H groups in total. The molecule has 0 spiro atoms. The van der Waals surface area contributed by atoms with Crippen molar-refractivity contribution in [2.75, 3.05) is 13.2 Å². The zero-order valence-electron chi connectivity index (χ0n) is 8.79. The molecule has 1 saturated carbocycles. The molecule has 0 aliphatic heterocycles. The van der Waals surface area contributed by atoms with Crippen molar-refractivity contribution in [1.29, 1.82) is 0 Å². The van der Waals surface area contributed by atoms with Crippen molar-refractivity contribution in [3.05, 3.63) is 0 Å². The van der Waals surface area contributed by atoms with Crippen LogP contribution in [0.4, 0.5) is 0 Å². The third-order valence-corrected chi connectivity index (χ3v) is 2.96. The Balaban J connectivity index is 2.61. The Kier molecular flexibility index (Phi) is 3.95. The van der Waals surface area contributed by atoms with Gasteiger partial charge in [-0.15, -0.1) is 0 Å². The number of carbonyl (C=O) groups is 1. The third kappa shape index (κ3) is 2.70. The molecule has 4 heteroatoms. The van der Waals surface area contributed by atoms with Crippen LogP contribution in [-0.4, -0.2) is 39.4 Å². The van der Waals surface area contributed by atoms with E-state index in [2.05, 4.69) is 15.9 Å². The molecule has 1 aliphatic rings. The van der Waals surface area contributed by atoms with E-state index >= 15 is 0 Å². The fraction of sp³-hybridized carbons (Fsp3) is 0.900. The first-order valence-electron chi connectivity index (χ1n) is 5.07. The van der Waals surface area contributed by atoms with Crippen LogP contribution in [0, 0.1) is 0 Å². The van der Waals surface area contributed by atoms with Crippen LogP contribution in [-0.2, 0) is 4.79 Å². The van der Waals surface area contributed by atoms with Gasteiger partial charge in [-0.3, -0.25) is 4.79 Å². The molecule has 1 amide bonds. The van der Waals surface area contributed by atoms with E-state index < -0.39 is 4.32 Å². The molecule has 0 unspecified atom stereocenters. The van der Waals surface area contributed by atoms with E-state index in [1.165, 1.54) is 6.42 Å². The summed E-state index contributed by atoms with van der Waals surface area (Å²) in [5.74, 6) is 0.0799. The van der Waals surface area contributed by atoms with Crippen molar-refractivity contribution in [3.8, 4) is 0 Å². The molecule has 14 heavy (non-hydrogen) atoms. The van der Waals surface area contributed by atoms with Crippen molar-refractivity contribution < 1.29 is 9.90 Å². The minimum atomic E-state index is -0.516. The summed E-state index contributed by atoms with van der Waals surface area (Å²) in [5.41, 5.74) is 0. The number of nitrogens with zero attached hydrogens (tertiary/aromatic N) is 1. The number of aliphatic hydroxyl groups excluding tert-OH is 1. The number of carbonyl (C=O) groups excluding carboxylic acids is 1. The molecule has 0 heterocycles. The third-order valence-electron chi connectivity index (χ3n) is 2.63. The first-order valence-corrected chi connectivity index (χ1v) is 5.87. The summed E-state index contributed by atoms with van der Waals surface area (Å²) in [5, 5.41) is 8.91. The van der Waals surface area contributed by atoms with Crippen LogP contribution in [0.2, 0.25) is 0 Å². The van der Waals surface area contributed by atoms with Gasteiger partial charge in [-0.25, -0.2) is 0 Å². The monoisotopic (exact) mass is 263 g/mol. The number of rotatable bonds is 4. The number of amides is 1. The smallest absolute Gasteiger partial charge is 0.239 e. The van der Waals surface area contributed by atoms with Gasteiger partial charge in [0.2, 0.25) is 5.91 Å². The van der Waals surface area contributed by atoms with Gasteiger partial charge in [-0.2, -0.15) is 0 Å². The number of alkyl halides is 1. The van der Waals surface area contributed by atoms with E-state index in [0.717, 1.165) is 12.8 Å². The zero-order valence-corrected chi connectivity index (χ0v) is 10.4. The Hall–Kier alpha value is -0.0900. The minimum absolute atomic E-state index is 0.0469. The molecule has 0 aromatic rings. The van der Waals surface area contributed by atoms with Crippen LogP contribution in [0.15, 0.2) is 0 Å². The number of aliphatic hydroxyl groups is 1. The average Bonchev–Trinajstić information content (AvgIpc) is 1.97. The topological polar surface area (TPSA) is 40.5 Å². The Morgan fingerprint density at radius 3 is 2.43 bits per heavy atom. The highest BCUT2D eigenvalue weighted by molar-refractivity contribution is 9.10. The maximum absolute atomic E-state index is 12.0.